The van der Waals surface area contributed by atoms with Gasteiger partial charge in [0.05, 0.1) is 12.0 Å². The first-order chi connectivity index (χ1) is 15.1. The fraction of sp³-hybridized carbons (Fsp3) is 0.231. The maximum absolute atomic E-state index is 13.5. The zero-order valence-corrected chi connectivity index (χ0v) is 18.9. The SMILES string of the molecule is CCSC(=O)[C@@H]1[C@@H](c2ccccc2)N(c2ccc(Cl)cc2)C(=O)C[C@H]1c1ccccc1. The Balaban J connectivity index is 1.88. The van der Waals surface area contributed by atoms with E-state index in [0.717, 1.165) is 16.8 Å². The van der Waals surface area contributed by atoms with Gasteiger partial charge in [0.1, 0.15) is 0 Å². The minimum absolute atomic E-state index is 0.00979. The minimum atomic E-state index is -0.389. The van der Waals surface area contributed by atoms with Crippen molar-refractivity contribution in [1.82, 2.24) is 0 Å². The van der Waals surface area contributed by atoms with Gasteiger partial charge in [0.25, 0.3) is 0 Å². The van der Waals surface area contributed by atoms with E-state index >= 15 is 0 Å². The van der Waals surface area contributed by atoms with E-state index in [2.05, 4.69) is 0 Å². The van der Waals surface area contributed by atoms with E-state index in [1.54, 1.807) is 17.0 Å². The fourth-order valence-electron chi connectivity index (χ4n) is 4.42. The number of halogens is 1. The van der Waals surface area contributed by atoms with Gasteiger partial charge in [-0.1, -0.05) is 91.0 Å². The predicted molar refractivity (Wildman–Crippen MR) is 129 cm³/mol. The van der Waals surface area contributed by atoms with E-state index in [9.17, 15) is 9.59 Å². The number of hydrogen-bond donors (Lipinski definition) is 0. The maximum Gasteiger partial charge on any atom is 0.228 e. The normalized spacial score (nSPS) is 21.2. The van der Waals surface area contributed by atoms with Crippen molar-refractivity contribution >= 4 is 40.1 Å². The van der Waals surface area contributed by atoms with Crippen LogP contribution >= 0.6 is 23.4 Å². The van der Waals surface area contributed by atoms with Crippen LogP contribution in [0.5, 0.6) is 0 Å². The third kappa shape index (κ3) is 4.56. The molecule has 3 aromatic carbocycles. The molecule has 0 aliphatic carbocycles. The molecule has 3 atom stereocenters. The van der Waals surface area contributed by atoms with E-state index in [1.165, 1.54) is 11.8 Å². The number of hydrogen-bond acceptors (Lipinski definition) is 3. The van der Waals surface area contributed by atoms with Gasteiger partial charge in [0.15, 0.2) is 5.12 Å². The van der Waals surface area contributed by atoms with Crippen LogP contribution < -0.4 is 4.90 Å². The Morgan fingerprint density at radius 2 is 1.52 bits per heavy atom. The van der Waals surface area contributed by atoms with Gasteiger partial charge < -0.3 is 4.90 Å². The Bertz CT molecular complexity index is 1040. The molecule has 1 amide bonds. The van der Waals surface area contributed by atoms with Gasteiger partial charge in [0, 0.05) is 23.0 Å². The van der Waals surface area contributed by atoms with Gasteiger partial charge in [-0.25, -0.2) is 0 Å². The van der Waals surface area contributed by atoms with Crippen LogP contribution in [0, 0.1) is 5.92 Å². The highest BCUT2D eigenvalue weighted by atomic mass is 35.5. The van der Waals surface area contributed by atoms with Crippen molar-refractivity contribution in [3.8, 4) is 0 Å². The first kappa shape index (κ1) is 21.7. The van der Waals surface area contributed by atoms with E-state index in [-0.39, 0.29) is 35.3 Å². The molecule has 0 unspecified atom stereocenters. The summed E-state index contributed by atoms with van der Waals surface area (Å²) in [7, 11) is 0. The molecule has 5 heteroatoms. The lowest BCUT2D eigenvalue weighted by molar-refractivity contribution is -0.124. The fourth-order valence-corrected chi connectivity index (χ4v) is 5.32. The van der Waals surface area contributed by atoms with Crippen LogP contribution in [0.4, 0.5) is 5.69 Å². The highest BCUT2D eigenvalue weighted by molar-refractivity contribution is 8.13. The number of piperidine rings is 1. The second kappa shape index (κ2) is 9.71. The number of anilines is 1. The van der Waals surface area contributed by atoms with E-state index in [4.69, 9.17) is 11.6 Å². The van der Waals surface area contributed by atoms with Gasteiger partial charge in [-0.05, 0) is 41.1 Å². The summed E-state index contributed by atoms with van der Waals surface area (Å²) in [6.45, 7) is 1.99. The lowest BCUT2D eigenvalue weighted by Crippen LogP contribution is -2.48. The molecule has 0 bridgehead atoms. The minimum Gasteiger partial charge on any atom is -0.304 e. The van der Waals surface area contributed by atoms with Crippen LogP contribution in [0.15, 0.2) is 84.9 Å². The summed E-state index contributed by atoms with van der Waals surface area (Å²) in [6, 6.07) is 26.7. The molecule has 158 valence electrons. The smallest absolute Gasteiger partial charge is 0.228 e. The number of nitrogens with zero attached hydrogens (tertiary/aromatic N) is 1. The summed E-state index contributed by atoms with van der Waals surface area (Å²) in [6.07, 6.45) is 0.288. The monoisotopic (exact) mass is 449 g/mol. The standard InChI is InChI=1S/C26H24ClNO2S/c1-2-31-26(30)24-22(18-9-5-3-6-10-18)17-23(29)28(21-15-13-20(27)14-16-21)25(24)19-11-7-4-8-12-19/h3-16,22,24-25H,2,17H2,1H3/t22-,24-,25+/m0/s1. The highest BCUT2D eigenvalue weighted by Gasteiger charge is 2.47. The number of rotatable bonds is 5. The summed E-state index contributed by atoms with van der Waals surface area (Å²) in [5.41, 5.74) is 2.75. The first-order valence-corrected chi connectivity index (χ1v) is 11.8. The number of benzene rings is 3. The number of carbonyl (C=O) groups is 2. The molecule has 3 aromatic rings. The van der Waals surface area contributed by atoms with Gasteiger partial charge >= 0.3 is 0 Å². The number of carbonyl (C=O) groups excluding carboxylic acids is 2. The van der Waals surface area contributed by atoms with Gasteiger partial charge in [0.2, 0.25) is 5.91 Å². The molecule has 0 spiro atoms. The van der Waals surface area contributed by atoms with Crippen molar-refractivity contribution in [3.63, 3.8) is 0 Å². The van der Waals surface area contributed by atoms with Crippen LogP contribution in [0.25, 0.3) is 0 Å². The lowest BCUT2D eigenvalue weighted by atomic mass is 9.73. The molecule has 0 N–H and O–H groups in total. The molecule has 1 aliphatic rings. The first-order valence-electron chi connectivity index (χ1n) is 10.4. The third-order valence-electron chi connectivity index (χ3n) is 5.75. The topological polar surface area (TPSA) is 37.4 Å². The predicted octanol–water partition coefficient (Wildman–Crippen LogP) is 6.50. The Kier molecular flexibility index (Phi) is 6.79. The van der Waals surface area contributed by atoms with Crippen molar-refractivity contribution in [2.24, 2.45) is 5.92 Å². The molecule has 1 heterocycles. The second-order valence-corrected chi connectivity index (χ2v) is 9.30. The number of amides is 1. The van der Waals surface area contributed by atoms with Crippen LogP contribution in [0.1, 0.15) is 36.4 Å². The Morgan fingerprint density at radius 3 is 2.10 bits per heavy atom. The van der Waals surface area contributed by atoms with Crippen molar-refractivity contribution in [1.29, 1.82) is 0 Å². The van der Waals surface area contributed by atoms with Crippen molar-refractivity contribution in [2.45, 2.75) is 25.3 Å². The zero-order chi connectivity index (χ0) is 21.8. The summed E-state index contributed by atoms with van der Waals surface area (Å²) >= 11 is 7.44. The lowest BCUT2D eigenvalue weighted by Gasteiger charge is -2.45. The summed E-state index contributed by atoms with van der Waals surface area (Å²) in [5, 5.41) is 0.734. The van der Waals surface area contributed by atoms with Gasteiger partial charge in [-0.15, -0.1) is 0 Å². The molecule has 31 heavy (non-hydrogen) atoms. The third-order valence-corrected chi connectivity index (χ3v) is 6.84. The quantitative estimate of drug-likeness (QED) is 0.446. The Morgan fingerprint density at radius 1 is 0.935 bits per heavy atom. The Labute approximate surface area is 192 Å². The largest absolute Gasteiger partial charge is 0.304 e. The molecular weight excluding hydrogens is 426 g/mol. The molecular formula is C26H24ClNO2S. The van der Waals surface area contributed by atoms with Crippen LogP contribution in [-0.4, -0.2) is 16.8 Å². The average molecular weight is 450 g/mol. The Hall–Kier alpha value is -2.56. The average Bonchev–Trinajstić information content (AvgIpc) is 2.80. The number of thioether (sulfide) groups is 1. The zero-order valence-electron chi connectivity index (χ0n) is 17.3. The van der Waals surface area contributed by atoms with E-state index < -0.39 is 0 Å². The molecule has 0 radical (unpaired) electrons. The highest BCUT2D eigenvalue weighted by Crippen LogP contribution is 2.48. The molecule has 3 nitrogen and oxygen atoms in total. The van der Waals surface area contributed by atoms with Crippen molar-refractivity contribution < 1.29 is 9.59 Å². The van der Waals surface area contributed by atoms with Crippen molar-refractivity contribution in [2.75, 3.05) is 10.7 Å². The molecule has 0 saturated carbocycles. The van der Waals surface area contributed by atoms with Crippen LogP contribution in [0.2, 0.25) is 5.02 Å². The molecule has 1 saturated heterocycles. The second-order valence-electron chi connectivity index (χ2n) is 7.59. The molecule has 1 fully saturated rings. The molecule has 0 aromatic heterocycles. The van der Waals surface area contributed by atoms with E-state index in [1.807, 2.05) is 79.7 Å². The van der Waals surface area contributed by atoms with Gasteiger partial charge in [-0.3, -0.25) is 9.59 Å². The van der Waals surface area contributed by atoms with Crippen LogP contribution in [-0.2, 0) is 9.59 Å². The van der Waals surface area contributed by atoms with Crippen molar-refractivity contribution in [3.05, 3.63) is 101 Å². The summed E-state index contributed by atoms with van der Waals surface area (Å²) in [5.74, 6) is 0.181. The molecule has 1 aliphatic heterocycles. The summed E-state index contributed by atoms with van der Waals surface area (Å²) in [4.78, 5) is 28.9. The van der Waals surface area contributed by atoms with Gasteiger partial charge in [-0.2, -0.15) is 0 Å². The maximum atomic E-state index is 13.5. The summed E-state index contributed by atoms with van der Waals surface area (Å²) < 4.78 is 0. The molecule has 4 rings (SSSR count). The van der Waals surface area contributed by atoms with E-state index in [0.29, 0.717) is 10.8 Å². The van der Waals surface area contributed by atoms with Crippen LogP contribution in [0.3, 0.4) is 0 Å².